The summed E-state index contributed by atoms with van der Waals surface area (Å²) in [5, 5.41) is 12.4. The van der Waals surface area contributed by atoms with Gasteiger partial charge < -0.3 is 15.3 Å². The standard InChI is InChI=1S/C14H20N2O3/c1-9(2)15-13(18)8-16(4)14(19)11-7-10(3)5-6-12(11)17/h5-7,9,17H,8H2,1-4H3,(H,15,18). The van der Waals surface area contributed by atoms with Gasteiger partial charge in [-0.25, -0.2) is 0 Å². The van der Waals surface area contributed by atoms with Gasteiger partial charge in [-0.3, -0.25) is 9.59 Å². The lowest BCUT2D eigenvalue weighted by molar-refractivity contribution is -0.122. The zero-order valence-electron chi connectivity index (χ0n) is 11.7. The fourth-order valence-electron chi connectivity index (χ4n) is 1.68. The van der Waals surface area contributed by atoms with Gasteiger partial charge in [0.05, 0.1) is 12.1 Å². The molecule has 0 heterocycles. The minimum Gasteiger partial charge on any atom is -0.507 e. The Hall–Kier alpha value is -2.04. The van der Waals surface area contributed by atoms with Crippen molar-refractivity contribution in [3.8, 4) is 5.75 Å². The number of carbonyl (C=O) groups is 2. The fraction of sp³-hybridized carbons (Fsp3) is 0.429. The highest BCUT2D eigenvalue weighted by molar-refractivity contribution is 5.98. The number of nitrogens with one attached hydrogen (secondary N) is 1. The summed E-state index contributed by atoms with van der Waals surface area (Å²) in [5.41, 5.74) is 1.08. The van der Waals surface area contributed by atoms with Crippen LogP contribution in [0.15, 0.2) is 18.2 Å². The Kier molecular flexibility index (Phi) is 4.92. The lowest BCUT2D eigenvalue weighted by atomic mass is 10.1. The molecule has 0 saturated carbocycles. The Balaban J connectivity index is 2.77. The summed E-state index contributed by atoms with van der Waals surface area (Å²) in [4.78, 5) is 25.0. The van der Waals surface area contributed by atoms with Crippen molar-refractivity contribution in [2.75, 3.05) is 13.6 Å². The monoisotopic (exact) mass is 264 g/mol. The number of carbonyl (C=O) groups excluding carboxylic acids is 2. The third kappa shape index (κ3) is 4.28. The van der Waals surface area contributed by atoms with E-state index >= 15 is 0 Å². The highest BCUT2D eigenvalue weighted by atomic mass is 16.3. The summed E-state index contributed by atoms with van der Waals surface area (Å²) in [7, 11) is 1.53. The molecule has 0 aliphatic heterocycles. The molecule has 1 aromatic rings. The minimum atomic E-state index is -0.375. The molecule has 1 aromatic carbocycles. The largest absolute Gasteiger partial charge is 0.507 e. The van der Waals surface area contributed by atoms with Crippen molar-refractivity contribution in [3.63, 3.8) is 0 Å². The van der Waals surface area contributed by atoms with Gasteiger partial charge in [-0.1, -0.05) is 11.6 Å². The second kappa shape index (κ2) is 6.22. The van der Waals surface area contributed by atoms with Crippen LogP contribution in [0.4, 0.5) is 0 Å². The first-order valence-corrected chi connectivity index (χ1v) is 6.15. The number of benzene rings is 1. The first kappa shape index (κ1) is 15.0. The third-order valence-corrected chi connectivity index (χ3v) is 2.56. The Morgan fingerprint density at radius 2 is 2.00 bits per heavy atom. The number of likely N-dealkylation sites (N-methyl/N-ethyl adjacent to an activating group) is 1. The lowest BCUT2D eigenvalue weighted by Crippen LogP contribution is -2.40. The van der Waals surface area contributed by atoms with Crippen LogP contribution in [0.1, 0.15) is 29.8 Å². The van der Waals surface area contributed by atoms with E-state index in [4.69, 9.17) is 0 Å². The normalized spacial score (nSPS) is 10.4. The number of phenols is 1. The van der Waals surface area contributed by atoms with Gasteiger partial charge in [-0.2, -0.15) is 0 Å². The van der Waals surface area contributed by atoms with E-state index < -0.39 is 0 Å². The first-order chi connectivity index (χ1) is 8.81. The van der Waals surface area contributed by atoms with Gasteiger partial charge in [0, 0.05) is 13.1 Å². The van der Waals surface area contributed by atoms with E-state index in [9.17, 15) is 14.7 Å². The van der Waals surface area contributed by atoms with Crippen LogP contribution in [0.25, 0.3) is 0 Å². The average Bonchev–Trinajstić information content (AvgIpc) is 2.30. The van der Waals surface area contributed by atoms with Crippen LogP contribution in [0, 0.1) is 6.92 Å². The third-order valence-electron chi connectivity index (χ3n) is 2.56. The number of hydrogen-bond donors (Lipinski definition) is 2. The molecule has 0 aromatic heterocycles. The van der Waals surface area contributed by atoms with E-state index in [0.717, 1.165) is 5.56 Å². The molecule has 0 aliphatic rings. The molecule has 0 aliphatic carbocycles. The molecule has 0 spiro atoms. The molecule has 5 heteroatoms. The van der Waals surface area contributed by atoms with Crippen LogP contribution in [-0.4, -0.2) is 41.5 Å². The van der Waals surface area contributed by atoms with Crippen molar-refractivity contribution >= 4 is 11.8 Å². The van der Waals surface area contributed by atoms with Crippen molar-refractivity contribution in [1.82, 2.24) is 10.2 Å². The van der Waals surface area contributed by atoms with Crippen molar-refractivity contribution in [2.24, 2.45) is 0 Å². The van der Waals surface area contributed by atoms with Crippen LogP contribution in [0.5, 0.6) is 5.75 Å². The summed E-state index contributed by atoms with van der Waals surface area (Å²) in [6.07, 6.45) is 0. The van der Waals surface area contributed by atoms with Gasteiger partial charge in [0.1, 0.15) is 5.75 Å². The number of aromatic hydroxyl groups is 1. The fourth-order valence-corrected chi connectivity index (χ4v) is 1.68. The molecule has 1 rings (SSSR count). The number of nitrogens with zero attached hydrogens (tertiary/aromatic N) is 1. The Labute approximate surface area is 113 Å². The molecule has 0 fully saturated rings. The van der Waals surface area contributed by atoms with Gasteiger partial charge in [0.2, 0.25) is 5.91 Å². The smallest absolute Gasteiger partial charge is 0.257 e. The van der Waals surface area contributed by atoms with Crippen LogP contribution in [-0.2, 0) is 4.79 Å². The van der Waals surface area contributed by atoms with E-state index in [0.29, 0.717) is 0 Å². The second-order valence-electron chi connectivity index (χ2n) is 4.90. The van der Waals surface area contributed by atoms with Gasteiger partial charge in [0.25, 0.3) is 5.91 Å². The number of rotatable bonds is 4. The van der Waals surface area contributed by atoms with Crippen molar-refractivity contribution in [1.29, 1.82) is 0 Å². The molecule has 0 unspecified atom stereocenters. The summed E-state index contributed by atoms with van der Waals surface area (Å²) in [6.45, 7) is 5.50. The average molecular weight is 264 g/mol. The van der Waals surface area contributed by atoms with Crippen molar-refractivity contribution in [3.05, 3.63) is 29.3 Å². The number of phenolic OH excluding ortho intramolecular Hbond substituents is 1. The molecule has 2 amide bonds. The number of hydrogen-bond acceptors (Lipinski definition) is 3. The summed E-state index contributed by atoms with van der Waals surface area (Å²) in [5.74, 6) is -0.676. The first-order valence-electron chi connectivity index (χ1n) is 6.15. The maximum atomic E-state index is 12.1. The van der Waals surface area contributed by atoms with E-state index in [1.807, 2.05) is 20.8 Å². The molecule has 2 N–H and O–H groups in total. The van der Waals surface area contributed by atoms with Crippen LogP contribution < -0.4 is 5.32 Å². The molecule has 19 heavy (non-hydrogen) atoms. The molecule has 0 bridgehead atoms. The van der Waals surface area contributed by atoms with Crippen LogP contribution >= 0.6 is 0 Å². The van der Waals surface area contributed by atoms with E-state index in [-0.39, 0.29) is 35.7 Å². The predicted molar refractivity (Wildman–Crippen MR) is 73.1 cm³/mol. The zero-order valence-corrected chi connectivity index (χ0v) is 11.7. The summed E-state index contributed by atoms with van der Waals surface area (Å²) >= 11 is 0. The van der Waals surface area contributed by atoms with Gasteiger partial charge in [-0.15, -0.1) is 0 Å². The maximum absolute atomic E-state index is 12.1. The SMILES string of the molecule is Cc1ccc(O)c(C(=O)N(C)CC(=O)NC(C)C)c1. The predicted octanol–water partition coefficient (Wildman–Crippen LogP) is 1.30. The Bertz CT molecular complexity index is 484. The van der Waals surface area contributed by atoms with Crippen molar-refractivity contribution < 1.29 is 14.7 Å². The van der Waals surface area contributed by atoms with Gasteiger partial charge in [0.15, 0.2) is 0 Å². The molecule has 0 saturated heterocycles. The highest BCUT2D eigenvalue weighted by Gasteiger charge is 2.18. The lowest BCUT2D eigenvalue weighted by Gasteiger charge is -2.18. The Morgan fingerprint density at radius 3 is 2.58 bits per heavy atom. The Morgan fingerprint density at radius 1 is 1.37 bits per heavy atom. The van der Waals surface area contributed by atoms with E-state index in [1.54, 1.807) is 12.1 Å². The molecular weight excluding hydrogens is 244 g/mol. The van der Waals surface area contributed by atoms with Crippen LogP contribution in [0.2, 0.25) is 0 Å². The second-order valence-corrected chi connectivity index (χ2v) is 4.90. The summed E-state index contributed by atoms with van der Waals surface area (Å²) in [6, 6.07) is 4.83. The number of amides is 2. The molecule has 5 nitrogen and oxygen atoms in total. The van der Waals surface area contributed by atoms with E-state index in [1.165, 1.54) is 18.0 Å². The topological polar surface area (TPSA) is 69.6 Å². The quantitative estimate of drug-likeness (QED) is 0.861. The molecule has 0 radical (unpaired) electrons. The van der Waals surface area contributed by atoms with E-state index in [2.05, 4.69) is 5.32 Å². The molecule has 104 valence electrons. The number of aryl methyl sites for hydroxylation is 1. The van der Waals surface area contributed by atoms with Crippen molar-refractivity contribution in [2.45, 2.75) is 26.8 Å². The molecule has 0 atom stereocenters. The van der Waals surface area contributed by atoms with Gasteiger partial charge in [-0.05, 0) is 32.9 Å². The molecular formula is C14H20N2O3. The summed E-state index contributed by atoms with van der Waals surface area (Å²) < 4.78 is 0. The zero-order chi connectivity index (χ0) is 14.6. The van der Waals surface area contributed by atoms with Crippen LogP contribution in [0.3, 0.4) is 0 Å². The minimum absolute atomic E-state index is 0.0309. The highest BCUT2D eigenvalue weighted by Crippen LogP contribution is 2.19. The maximum Gasteiger partial charge on any atom is 0.257 e. The van der Waals surface area contributed by atoms with Gasteiger partial charge >= 0.3 is 0 Å².